The predicted molar refractivity (Wildman–Crippen MR) is 50.6 cm³/mol. The van der Waals surface area contributed by atoms with Crippen molar-refractivity contribution in [3.8, 4) is 0 Å². The number of rotatable bonds is 3. The Hall–Kier alpha value is -1.43. The molecule has 1 atom stereocenters. The SMILES string of the molecule is O=C(O)c1noc(CC2CCCNC2)n1. The molecule has 15 heavy (non-hydrogen) atoms. The van der Waals surface area contributed by atoms with Crippen LogP contribution in [-0.4, -0.2) is 34.3 Å². The number of carboxylic acids is 1. The summed E-state index contributed by atoms with van der Waals surface area (Å²) in [5, 5.41) is 15.3. The van der Waals surface area contributed by atoms with Crippen molar-refractivity contribution in [3.63, 3.8) is 0 Å². The van der Waals surface area contributed by atoms with E-state index in [-0.39, 0.29) is 5.82 Å². The van der Waals surface area contributed by atoms with Gasteiger partial charge in [0, 0.05) is 6.42 Å². The molecule has 1 fully saturated rings. The minimum absolute atomic E-state index is 0.256. The van der Waals surface area contributed by atoms with Gasteiger partial charge in [0.1, 0.15) is 0 Å². The van der Waals surface area contributed by atoms with Crippen molar-refractivity contribution in [2.75, 3.05) is 13.1 Å². The second-order valence-corrected chi connectivity index (χ2v) is 3.73. The summed E-state index contributed by atoms with van der Waals surface area (Å²) in [6.45, 7) is 1.99. The van der Waals surface area contributed by atoms with Crippen LogP contribution in [0.5, 0.6) is 0 Å². The van der Waals surface area contributed by atoms with Gasteiger partial charge in [-0.15, -0.1) is 0 Å². The van der Waals surface area contributed by atoms with Gasteiger partial charge in [0.25, 0.3) is 5.82 Å². The first-order chi connectivity index (χ1) is 7.25. The zero-order valence-electron chi connectivity index (χ0n) is 8.27. The molecule has 1 unspecified atom stereocenters. The highest BCUT2D eigenvalue weighted by atomic mass is 16.5. The molecule has 1 aromatic rings. The van der Waals surface area contributed by atoms with E-state index >= 15 is 0 Å². The van der Waals surface area contributed by atoms with Gasteiger partial charge in [0.05, 0.1) is 0 Å². The van der Waals surface area contributed by atoms with Gasteiger partial charge in [-0.05, 0) is 37.0 Å². The smallest absolute Gasteiger partial charge is 0.377 e. The van der Waals surface area contributed by atoms with Crippen LogP contribution in [0.15, 0.2) is 4.52 Å². The second-order valence-electron chi connectivity index (χ2n) is 3.73. The summed E-state index contributed by atoms with van der Waals surface area (Å²) < 4.78 is 4.86. The number of aromatic nitrogens is 2. The summed E-state index contributed by atoms with van der Waals surface area (Å²) in [6, 6.07) is 0. The summed E-state index contributed by atoms with van der Waals surface area (Å²) in [7, 11) is 0. The van der Waals surface area contributed by atoms with E-state index in [0.717, 1.165) is 25.9 Å². The second kappa shape index (κ2) is 4.39. The molecule has 0 amide bonds. The van der Waals surface area contributed by atoms with E-state index in [2.05, 4.69) is 15.5 Å². The molecule has 2 heterocycles. The number of hydrogen-bond acceptors (Lipinski definition) is 5. The van der Waals surface area contributed by atoms with Gasteiger partial charge in [-0.2, -0.15) is 4.98 Å². The Morgan fingerprint density at radius 2 is 2.53 bits per heavy atom. The third-order valence-electron chi connectivity index (χ3n) is 2.52. The van der Waals surface area contributed by atoms with Crippen molar-refractivity contribution < 1.29 is 14.4 Å². The van der Waals surface area contributed by atoms with Crippen LogP contribution in [0.25, 0.3) is 0 Å². The minimum atomic E-state index is -1.15. The fourth-order valence-corrected chi connectivity index (χ4v) is 1.77. The van der Waals surface area contributed by atoms with E-state index in [1.54, 1.807) is 0 Å². The monoisotopic (exact) mass is 211 g/mol. The summed E-state index contributed by atoms with van der Waals surface area (Å²) in [5.41, 5.74) is 0. The Morgan fingerprint density at radius 1 is 1.67 bits per heavy atom. The maximum Gasteiger partial charge on any atom is 0.377 e. The molecule has 0 bridgehead atoms. The van der Waals surface area contributed by atoms with Gasteiger partial charge in [0.15, 0.2) is 0 Å². The lowest BCUT2D eigenvalue weighted by atomic mass is 9.96. The quantitative estimate of drug-likeness (QED) is 0.748. The standard InChI is InChI=1S/C9H13N3O3/c13-9(14)8-11-7(15-12-8)4-6-2-1-3-10-5-6/h6,10H,1-5H2,(H,13,14). The topological polar surface area (TPSA) is 88.2 Å². The number of nitrogens with one attached hydrogen (secondary N) is 1. The van der Waals surface area contributed by atoms with Crippen LogP contribution in [0.1, 0.15) is 29.4 Å². The number of aromatic carboxylic acids is 1. The first kappa shape index (κ1) is 10.1. The molecule has 6 nitrogen and oxygen atoms in total. The predicted octanol–water partition coefficient (Wildman–Crippen LogP) is 0.310. The fraction of sp³-hybridized carbons (Fsp3) is 0.667. The van der Waals surface area contributed by atoms with Crippen molar-refractivity contribution in [1.29, 1.82) is 0 Å². The van der Waals surface area contributed by atoms with E-state index in [1.807, 2.05) is 0 Å². The van der Waals surface area contributed by atoms with Gasteiger partial charge in [0.2, 0.25) is 5.89 Å². The third-order valence-corrected chi connectivity index (χ3v) is 2.52. The molecule has 82 valence electrons. The average Bonchev–Trinajstić information content (AvgIpc) is 2.68. The highest BCUT2D eigenvalue weighted by Gasteiger charge is 2.18. The zero-order valence-corrected chi connectivity index (χ0v) is 8.27. The van der Waals surface area contributed by atoms with Gasteiger partial charge in [-0.3, -0.25) is 0 Å². The van der Waals surface area contributed by atoms with Crippen molar-refractivity contribution in [3.05, 3.63) is 11.7 Å². The molecule has 2 N–H and O–H groups in total. The molecular weight excluding hydrogens is 198 g/mol. The van der Waals surface area contributed by atoms with Crippen LogP contribution < -0.4 is 5.32 Å². The van der Waals surface area contributed by atoms with Crippen LogP contribution in [0.3, 0.4) is 0 Å². The molecule has 0 saturated carbocycles. The fourth-order valence-electron chi connectivity index (χ4n) is 1.77. The van der Waals surface area contributed by atoms with E-state index in [0.29, 0.717) is 18.2 Å². The molecule has 1 aliphatic rings. The van der Waals surface area contributed by atoms with E-state index < -0.39 is 5.97 Å². The van der Waals surface area contributed by atoms with Crippen molar-refractivity contribution in [2.24, 2.45) is 5.92 Å². The zero-order chi connectivity index (χ0) is 10.7. The van der Waals surface area contributed by atoms with Gasteiger partial charge < -0.3 is 14.9 Å². The third kappa shape index (κ3) is 2.53. The van der Waals surface area contributed by atoms with Crippen LogP contribution in [0.4, 0.5) is 0 Å². The lowest BCUT2D eigenvalue weighted by Crippen LogP contribution is -2.30. The molecule has 6 heteroatoms. The summed E-state index contributed by atoms with van der Waals surface area (Å²) in [6.07, 6.45) is 2.93. The Labute approximate surface area is 86.7 Å². The first-order valence-corrected chi connectivity index (χ1v) is 5.02. The highest BCUT2D eigenvalue weighted by molar-refractivity contribution is 5.82. The van der Waals surface area contributed by atoms with Gasteiger partial charge in [-0.25, -0.2) is 4.79 Å². The number of carbonyl (C=O) groups is 1. The van der Waals surface area contributed by atoms with Gasteiger partial charge >= 0.3 is 5.97 Å². The first-order valence-electron chi connectivity index (χ1n) is 5.02. The molecule has 1 saturated heterocycles. The average molecular weight is 211 g/mol. The molecule has 0 aromatic carbocycles. The molecule has 0 spiro atoms. The lowest BCUT2D eigenvalue weighted by molar-refractivity contribution is 0.0680. The lowest BCUT2D eigenvalue weighted by Gasteiger charge is -2.20. The Bertz CT molecular complexity index is 344. The Morgan fingerprint density at radius 3 is 3.13 bits per heavy atom. The highest BCUT2D eigenvalue weighted by Crippen LogP contribution is 2.15. The molecule has 0 radical (unpaired) electrons. The Balaban J connectivity index is 1.94. The van der Waals surface area contributed by atoms with Crippen LogP contribution in [-0.2, 0) is 6.42 Å². The molecule has 0 aliphatic carbocycles. The molecular formula is C9H13N3O3. The van der Waals surface area contributed by atoms with E-state index in [9.17, 15) is 4.79 Å². The Kier molecular flexibility index (Phi) is 2.96. The maximum absolute atomic E-state index is 10.5. The van der Waals surface area contributed by atoms with Crippen LogP contribution >= 0.6 is 0 Å². The summed E-state index contributed by atoms with van der Waals surface area (Å²) in [4.78, 5) is 14.3. The summed E-state index contributed by atoms with van der Waals surface area (Å²) >= 11 is 0. The van der Waals surface area contributed by atoms with Crippen molar-refractivity contribution >= 4 is 5.97 Å². The minimum Gasteiger partial charge on any atom is -0.475 e. The van der Waals surface area contributed by atoms with Crippen LogP contribution in [0.2, 0.25) is 0 Å². The summed E-state index contributed by atoms with van der Waals surface area (Å²) in [5.74, 6) is -0.512. The van der Waals surface area contributed by atoms with Crippen molar-refractivity contribution in [1.82, 2.24) is 15.5 Å². The van der Waals surface area contributed by atoms with E-state index in [1.165, 1.54) is 0 Å². The molecule has 1 aliphatic heterocycles. The number of piperidine rings is 1. The number of hydrogen-bond donors (Lipinski definition) is 2. The number of carboxylic acid groups (broad SMARTS) is 1. The van der Waals surface area contributed by atoms with Gasteiger partial charge in [-0.1, -0.05) is 0 Å². The molecule has 2 rings (SSSR count). The molecule has 1 aromatic heterocycles. The largest absolute Gasteiger partial charge is 0.475 e. The van der Waals surface area contributed by atoms with E-state index in [4.69, 9.17) is 9.63 Å². The van der Waals surface area contributed by atoms with Crippen LogP contribution in [0, 0.1) is 5.92 Å². The maximum atomic E-state index is 10.5. The number of nitrogens with zero attached hydrogens (tertiary/aromatic N) is 2. The van der Waals surface area contributed by atoms with Crippen molar-refractivity contribution in [2.45, 2.75) is 19.3 Å². The normalized spacial score (nSPS) is 21.5.